The molecule has 3 aliphatic heterocycles. The lowest BCUT2D eigenvalue weighted by atomic mass is 9.53. The van der Waals surface area contributed by atoms with Crippen LogP contribution < -0.4 is 16.0 Å². The van der Waals surface area contributed by atoms with Crippen molar-refractivity contribution in [3.05, 3.63) is 12.3 Å². The average molecular weight is 755 g/mol. The SMILES string of the molecule is C=C1CC(C(C)C)C(=O)N1CCNC(=O)C1(C)C[C@](C)(C(=O)NCCN2C(=O)CC(C(C)C)C2=O)C[C@](C)(C(=O)NCCN2C(=O)CC(C(C)C)C2=O)C1. The first-order valence-electron chi connectivity index (χ1n) is 19.6. The highest BCUT2D eigenvalue weighted by Gasteiger charge is 2.57. The molecule has 4 rings (SSSR count). The summed E-state index contributed by atoms with van der Waals surface area (Å²) < 4.78 is 0. The van der Waals surface area contributed by atoms with E-state index in [-0.39, 0.29) is 142 Å². The van der Waals surface area contributed by atoms with Gasteiger partial charge in [-0.1, -0.05) is 68.9 Å². The Morgan fingerprint density at radius 1 is 0.556 bits per heavy atom. The van der Waals surface area contributed by atoms with Crippen molar-refractivity contribution in [2.45, 2.75) is 101 Å². The van der Waals surface area contributed by atoms with Crippen molar-refractivity contribution in [1.82, 2.24) is 30.7 Å². The molecule has 0 spiro atoms. The number of nitrogens with one attached hydrogen (secondary N) is 3. The molecule has 3 saturated heterocycles. The molecule has 0 aromatic heterocycles. The van der Waals surface area contributed by atoms with Gasteiger partial charge >= 0.3 is 0 Å². The second-order valence-corrected chi connectivity index (χ2v) is 18.0. The second kappa shape index (κ2) is 16.3. The molecule has 0 aromatic rings. The van der Waals surface area contributed by atoms with E-state index >= 15 is 0 Å². The molecule has 0 aromatic carbocycles. The third-order valence-electron chi connectivity index (χ3n) is 12.2. The van der Waals surface area contributed by atoms with Gasteiger partial charge in [-0.25, -0.2) is 0 Å². The number of likely N-dealkylation sites (tertiary alicyclic amines) is 3. The lowest BCUT2D eigenvalue weighted by Crippen LogP contribution is -2.58. The van der Waals surface area contributed by atoms with Gasteiger partial charge in [0, 0.05) is 91.8 Å². The Bertz CT molecular complexity index is 1380. The van der Waals surface area contributed by atoms with E-state index in [2.05, 4.69) is 22.5 Å². The summed E-state index contributed by atoms with van der Waals surface area (Å²) in [6.45, 7) is 21.2. The van der Waals surface area contributed by atoms with Crippen LogP contribution >= 0.6 is 0 Å². The van der Waals surface area contributed by atoms with Crippen LogP contribution in [0.25, 0.3) is 0 Å². The molecule has 6 atom stereocenters. The van der Waals surface area contributed by atoms with Crippen LogP contribution in [0.2, 0.25) is 0 Å². The van der Waals surface area contributed by atoms with Crippen molar-refractivity contribution in [3.8, 4) is 0 Å². The first-order chi connectivity index (χ1) is 25.0. The number of hydrogen-bond donors (Lipinski definition) is 3. The Labute approximate surface area is 319 Å². The summed E-state index contributed by atoms with van der Waals surface area (Å²) in [6, 6.07) is 0. The van der Waals surface area contributed by atoms with Gasteiger partial charge < -0.3 is 20.9 Å². The zero-order chi connectivity index (χ0) is 40.5. The van der Waals surface area contributed by atoms with Crippen LogP contribution in [0.15, 0.2) is 12.3 Å². The van der Waals surface area contributed by atoms with E-state index in [0.29, 0.717) is 12.1 Å². The van der Waals surface area contributed by atoms with Crippen LogP contribution in [-0.2, 0) is 38.4 Å². The minimum absolute atomic E-state index is 0.00902. The van der Waals surface area contributed by atoms with Gasteiger partial charge in [-0.3, -0.25) is 48.2 Å². The summed E-state index contributed by atoms with van der Waals surface area (Å²) in [5, 5.41) is 8.73. The summed E-state index contributed by atoms with van der Waals surface area (Å²) in [7, 11) is 0. The number of imide groups is 2. The highest BCUT2D eigenvalue weighted by atomic mass is 16.2. The number of rotatable bonds is 15. The number of carbonyl (C=O) groups excluding carboxylic acids is 8. The minimum atomic E-state index is -1.22. The molecule has 54 heavy (non-hydrogen) atoms. The monoisotopic (exact) mass is 754 g/mol. The molecule has 4 fully saturated rings. The molecule has 4 unspecified atom stereocenters. The van der Waals surface area contributed by atoms with Gasteiger partial charge in [0.15, 0.2) is 0 Å². The molecule has 14 nitrogen and oxygen atoms in total. The van der Waals surface area contributed by atoms with Gasteiger partial charge in [-0.05, 0) is 43.4 Å². The molecule has 0 radical (unpaired) electrons. The Balaban J connectivity index is 1.48. The van der Waals surface area contributed by atoms with Gasteiger partial charge in [0.1, 0.15) is 0 Å². The summed E-state index contributed by atoms with van der Waals surface area (Å²) in [5.41, 5.74) is -2.92. The van der Waals surface area contributed by atoms with Gasteiger partial charge in [0.2, 0.25) is 47.3 Å². The van der Waals surface area contributed by atoms with E-state index in [1.165, 1.54) is 9.80 Å². The van der Waals surface area contributed by atoms with Crippen LogP contribution in [0.4, 0.5) is 0 Å². The molecular formula is C40H62N6O8. The number of hydrogen-bond acceptors (Lipinski definition) is 8. The van der Waals surface area contributed by atoms with Crippen LogP contribution in [0.1, 0.15) is 101 Å². The van der Waals surface area contributed by atoms with Gasteiger partial charge in [0.05, 0.1) is 0 Å². The molecule has 4 aliphatic rings. The van der Waals surface area contributed by atoms with E-state index in [1.807, 2.05) is 41.5 Å². The van der Waals surface area contributed by atoms with Crippen molar-refractivity contribution in [3.63, 3.8) is 0 Å². The average Bonchev–Trinajstić information content (AvgIpc) is 3.64. The molecule has 8 amide bonds. The highest BCUT2D eigenvalue weighted by Crippen LogP contribution is 2.55. The quantitative estimate of drug-likeness (QED) is 0.213. The summed E-state index contributed by atoms with van der Waals surface area (Å²) in [5.74, 6) is -3.02. The fourth-order valence-electron chi connectivity index (χ4n) is 9.26. The fraction of sp³-hybridized carbons (Fsp3) is 0.750. The highest BCUT2D eigenvalue weighted by molar-refractivity contribution is 6.04. The Morgan fingerprint density at radius 2 is 0.833 bits per heavy atom. The van der Waals surface area contributed by atoms with E-state index < -0.39 is 28.1 Å². The number of carbonyl (C=O) groups is 8. The predicted octanol–water partition coefficient (Wildman–Crippen LogP) is 2.62. The first-order valence-corrected chi connectivity index (χ1v) is 19.6. The molecular weight excluding hydrogens is 692 g/mol. The molecule has 14 heteroatoms. The third-order valence-corrected chi connectivity index (χ3v) is 12.2. The maximum absolute atomic E-state index is 14.1. The van der Waals surface area contributed by atoms with Crippen molar-refractivity contribution in [2.24, 2.45) is 51.8 Å². The van der Waals surface area contributed by atoms with E-state index in [1.54, 1.807) is 25.7 Å². The van der Waals surface area contributed by atoms with Gasteiger partial charge in [0.25, 0.3) is 0 Å². The van der Waals surface area contributed by atoms with Gasteiger partial charge in [-0.15, -0.1) is 0 Å². The zero-order valence-electron chi connectivity index (χ0n) is 33.8. The van der Waals surface area contributed by atoms with E-state index in [4.69, 9.17) is 0 Å². The van der Waals surface area contributed by atoms with Crippen LogP contribution in [0, 0.1) is 51.8 Å². The van der Waals surface area contributed by atoms with Crippen molar-refractivity contribution >= 4 is 47.3 Å². The zero-order valence-corrected chi connectivity index (χ0v) is 33.8. The van der Waals surface area contributed by atoms with E-state index in [0.717, 1.165) is 0 Å². The van der Waals surface area contributed by atoms with Crippen molar-refractivity contribution in [1.29, 1.82) is 0 Å². The van der Waals surface area contributed by atoms with Gasteiger partial charge in [-0.2, -0.15) is 0 Å². The fourth-order valence-corrected chi connectivity index (χ4v) is 9.26. The second-order valence-electron chi connectivity index (χ2n) is 18.0. The summed E-state index contributed by atoms with van der Waals surface area (Å²) in [6.07, 6.45) is 1.15. The van der Waals surface area contributed by atoms with Crippen LogP contribution in [-0.4, -0.2) is 101 Å². The standard InChI is InChI=1S/C40H62N6O8/c1-23(2)27-17-26(7)44(32(27)49)14-11-41-35(52)38(8)20-39(9,36(53)42-12-15-45-30(47)18-28(24(3)4)33(45)50)22-40(10,21-38)37(54)43-13-16-46-31(48)19-29(25(5)6)34(46)51/h23-25,27-29H,7,11-22H2,1-6,8-10H3,(H,41,52)(H,42,53)(H,43,54)/t27?,28?,29?,38?,39-,40+. The first kappa shape index (κ1) is 42.6. The molecule has 3 heterocycles. The molecule has 0 bridgehead atoms. The lowest BCUT2D eigenvalue weighted by molar-refractivity contribution is -0.155. The molecule has 1 aliphatic carbocycles. The minimum Gasteiger partial charge on any atom is -0.354 e. The largest absolute Gasteiger partial charge is 0.354 e. The van der Waals surface area contributed by atoms with Crippen molar-refractivity contribution < 1.29 is 38.4 Å². The smallest absolute Gasteiger partial charge is 0.233 e. The maximum Gasteiger partial charge on any atom is 0.233 e. The Kier molecular flexibility index (Phi) is 12.9. The van der Waals surface area contributed by atoms with Crippen molar-refractivity contribution in [2.75, 3.05) is 39.3 Å². The topological polar surface area (TPSA) is 182 Å². The molecule has 1 saturated carbocycles. The molecule has 3 N–H and O–H groups in total. The third kappa shape index (κ3) is 8.72. The normalized spacial score (nSPS) is 30.4. The van der Waals surface area contributed by atoms with E-state index in [9.17, 15) is 38.4 Å². The Morgan fingerprint density at radius 3 is 1.11 bits per heavy atom. The summed E-state index contributed by atoms with van der Waals surface area (Å²) in [4.78, 5) is 110. The predicted molar refractivity (Wildman–Crippen MR) is 200 cm³/mol. The number of amides is 8. The number of nitrogens with zero attached hydrogens (tertiary/aromatic N) is 3. The van der Waals surface area contributed by atoms with Crippen LogP contribution in [0.5, 0.6) is 0 Å². The summed E-state index contributed by atoms with van der Waals surface area (Å²) >= 11 is 0. The molecule has 300 valence electrons. The van der Waals surface area contributed by atoms with Crippen LogP contribution in [0.3, 0.4) is 0 Å². The number of allylic oxidation sites excluding steroid dienone is 1. The maximum atomic E-state index is 14.1. The Hall–Kier alpha value is -4.10. The lowest BCUT2D eigenvalue weighted by Gasteiger charge is -2.50.